The number of nitrogens with zero attached hydrogens (tertiary/aromatic N) is 7. The predicted molar refractivity (Wildman–Crippen MR) is 134 cm³/mol. The Morgan fingerprint density at radius 3 is 2.31 bits per heavy atom. The second-order valence-electron chi connectivity index (χ2n) is 9.48. The number of aromatic nitrogens is 4. The van der Waals surface area contributed by atoms with E-state index in [1.807, 2.05) is 30.6 Å². The van der Waals surface area contributed by atoms with E-state index in [1.165, 1.54) is 0 Å². The summed E-state index contributed by atoms with van der Waals surface area (Å²) in [5.74, 6) is 1.63. The molecule has 0 amide bonds. The van der Waals surface area contributed by atoms with Crippen LogP contribution < -0.4 is 20.4 Å². The average Bonchev–Trinajstić information content (AvgIpc) is 3.14. The van der Waals surface area contributed by atoms with Crippen molar-refractivity contribution in [3.8, 4) is 17.0 Å². The third-order valence-electron chi connectivity index (χ3n) is 7.35. The number of rotatable bonds is 4. The predicted octanol–water partition coefficient (Wildman–Crippen LogP) is 2.25. The molecular weight excluding hydrogens is 444 g/mol. The lowest BCUT2D eigenvalue weighted by Gasteiger charge is -2.42. The first-order valence-electron chi connectivity index (χ1n) is 12.1. The highest BCUT2D eigenvalue weighted by molar-refractivity contribution is 5.81. The number of carbonyl (C=O) groups excluding carboxylic acids is 1. The standard InChI is InChI=1S/C25H28N8O2/c26-24-22(11-21(29-30-24)20-3-1-2-4-23(20)35)32-14-16-5-6-17(15-32)33(16)25-27-12-18(13-28-25)31-9-7-19(34)8-10-31/h1-4,11-13,16-17,35H,5-10,14-15H2,(H2,26,30). The van der Waals surface area contributed by atoms with Gasteiger partial charge < -0.3 is 25.5 Å². The molecule has 1 aromatic carbocycles. The number of aromatic hydroxyl groups is 1. The quantitative estimate of drug-likeness (QED) is 0.584. The summed E-state index contributed by atoms with van der Waals surface area (Å²) in [4.78, 5) is 27.8. The molecule has 180 valence electrons. The number of anilines is 4. The average molecular weight is 473 g/mol. The van der Waals surface area contributed by atoms with Crippen molar-refractivity contribution in [2.24, 2.45) is 0 Å². The number of nitrogen functional groups attached to an aromatic ring is 1. The molecular formula is C25H28N8O2. The van der Waals surface area contributed by atoms with Crippen LogP contribution >= 0.6 is 0 Å². The number of piperazine rings is 1. The Morgan fingerprint density at radius 1 is 0.943 bits per heavy atom. The first-order chi connectivity index (χ1) is 17.1. The van der Waals surface area contributed by atoms with Crippen LogP contribution in [-0.4, -0.2) is 69.3 Å². The van der Waals surface area contributed by atoms with Crippen molar-refractivity contribution in [1.29, 1.82) is 0 Å². The number of hydrogen-bond acceptors (Lipinski definition) is 10. The Kier molecular flexibility index (Phi) is 5.35. The number of phenolic OH excluding ortho intramolecular Hbond substituents is 1. The van der Waals surface area contributed by atoms with Crippen LogP contribution in [0.15, 0.2) is 42.7 Å². The summed E-state index contributed by atoms with van der Waals surface area (Å²) in [5, 5.41) is 18.7. The van der Waals surface area contributed by atoms with Gasteiger partial charge in [-0.1, -0.05) is 12.1 Å². The Bertz CT molecular complexity index is 1230. The van der Waals surface area contributed by atoms with E-state index in [-0.39, 0.29) is 17.8 Å². The van der Waals surface area contributed by atoms with E-state index in [0.717, 1.165) is 56.3 Å². The van der Waals surface area contributed by atoms with Crippen molar-refractivity contribution >= 4 is 28.9 Å². The van der Waals surface area contributed by atoms with Gasteiger partial charge in [-0.3, -0.25) is 4.79 Å². The summed E-state index contributed by atoms with van der Waals surface area (Å²) in [6, 6.07) is 9.57. The number of carbonyl (C=O) groups is 1. The van der Waals surface area contributed by atoms with E-state index in [2.05, 4.69) is 24.9 Å². The number of phenols is 1. The summed E-state index contributed by atoms with van der Waals surface area (Å²) in [6.07, 6.45) is 7.07. The van der Waals surface area contributed by atoms with Gasteiger partial charge in [-0.05, 0) is 31.0 Å². The van der Waals surface area contributed by atoms with Crippen molar-refractivity contribution in [3.63, 3.8) is 0 Å². The molecule has 2 aromatic heterocycles. The Hall–Kier alpha value is -3.95. The molecule has 3 N–H and O–H groups in total. The molecule has 2 bridgehead atoms. The first kappa shape index (κ1) is 21.6. The normalized spacial score (nSPS) is 22.1. The Labute approximate surface area is 203 Å². The highest BCUT2D eigenvalue weighted by Gasteiger charge is 2.42. The van der Waals surface area contributed by atoms with Gasteiger partial charge in [0.25, 0.3) is 0 Å². The van der Waals surface area contributed by atoms with E-state index >= 15 is 0 Å². The molecule has 5 heterocycles. The zero-order valence-corrected chi connectivity index (χ0v) is 19.4. The second-order valence-corrected chi connectivity index (χ2v) is 9.48. The van der Waals surface area contributed by atoms with E-state index < -0.39 is 0 Å². The smallest absolute Gasteiger partial charge is 0.226 e. The monoisotopic (exact) mass is 472 g/mol. The summed E-state index contributed by atoms with van der Waals surface area (Å²) in [6.45, 7) is 3.03. The Morgan fingerprint density at radius 2 is 1.63 bits per heavy atom. The zero-order valence-electron chi connectivity index (χ0n) is 19.4. The maximum Gasteiger partial charge on any atom is 0.226 e. The van der Waals surface area contributed by atoms with Gasteiger partial charge in [-0.2, -0.15) is 0 Å². The lowest BCUT2D eigenvalue weighted by atomic mass is 10.1. The van der Waals surface area contributed by atoms with Crippen LogP contribution in [0.5, 0.6) is 5.75 Å². The summed E-state index contributed by atoms with van der Waals surface area (Å²) < 4.78 is 0. The SMILES string of the molecule is Nc1nnc(-c2ccccc2O)cc1N1CC2CCC(C1)N2c1ncc(N2CCC(=O)CC2)cn1. The van der Waals surface area contributed by atoms with Crippen LogP contribution in [0, 0.1) is 0 Å². The van der Waals surface area contributed by atoms with Crippen LogP contribution in [0.4, 0.5) is 23.1 Å². The van der Waals surface area contributed by atoms with E-state index in [0.29, 0.717) is 35.7 Å². The molecule has 3 fully saturated rings. The molecule has 3 aliphatic heterocycles. The van der Waals surface area contributed by atoms with Crippen molar-refractivity contribution in [2.75, 3.05) is 46.6 Å². The molecule has 10 nitrogen and oxygen atoms in total. The van der Waals surface area contributed by atoms with Crippen LogP contribution in [0.1, 0.15) is 25.7 Å². The van der Waals surface area contributed by atoms with Crippen LogP contribution in [0.2, 0.25) is 0 Å². The number of ketones is 1. The third kappa shape index (κ3) is 3.98. The lowest BCUT2D eigenvalue weighted by molar-refractivity contribution is -0.119. The molecule has 2 unspecified atom stereocenters. The maximum atomic E-state index is 11.5. The minimum Gasteiger partial charge on any atom is -0.507 e. The molecule has 0 aliphatic carbocycles. The summed E-state index contributed by atoms with van der Waals surface area (Å²) in [7, 11) is 0. The number of hydrogen-bond donors (Lipinski definition) is 2. The van der Waals surface area contributed by atoms with Gasteiger partial charge in [0.1, 0.15) is 11.5 Å². The number of piperidine rings is 1. The minimum absolute atomic E-state index is 0.166. The Balaban J connectivity index is 1.21. The van der Waals surface area contributed by atoms with Crippen molar-refractivity contribution in [3.05, 3.63) is 42.7 Å². The molecule has 3 aliphatic rings. The van der Waals surface area contributed by atoms with Crippen LogP contribution in [0.25, 0.3) is 11.3 Å². The molecule has 0 spiro atoms. The zero-order chi connectivity index (χ0) is 23.9. The van der Waals surface area contributed by atoms with E-state index in [4.69, 9.17) is 15.7 Å². The minimum atomic E-state index is 0.166. The highest BCUT2D eigenvalue weighted by atomic mass is 16.3. The number of nitrogens with two attached hydrogens (primary N) is 1. The van der Waals surface area contributed by atoms with Gasteiger partial charge in [-0.15, -0.1) is 10.2 Å². The fourth-order valence-electron chi connectivity index (χ4n) is 5.52. The maximum absolute atomic E-state index is 11.5. The summed E-state index contributed by atoms with van der Waals surface area (Å²) in [5.41, 5.74) is 9.29. The van der Waals surface area contributed by atoms with E-state index in [9.17, 15) is 9.90 Å². The van der Waals surface area contributed by atoms with Gasteiger partial charge in [0.15, 0.2) is 5.82 Å². The van der Waals surface area contributed by atoms with Crippen molar-refractivity contribution in [1.82, 2.24) is 20.2 Å². The van der Waals surface area contributed by atoms with E-state index in [1.54, 1.807) is 12.1 Å². The van der Waals surface area contributed by atoms with Gasteiger partial charge in [0.05, 0.1) is 29.5 Å². The molecule has 10 heteroatoms. The second kappa shape index (κ2) is 8.68. The van der Waals surface area contributed by atoms with Crippen molar-refractivity contribution in [2.45, 2.75) is 37.8 Å². The number of benzene rings is 1. The molecule has 2 atom stereocenters. The summed E-state index contributed by atoms with van der Waals surface area (Å²) >= 11 is 0. The van der Waals surface area contributed by atoms with Gasteiger partial charge in [-0.25, -0.2) is 9.97 Å². The molecule has 3 saturated heterocycles. The van der Waals surface area contributed by atoms with Gasteiger partial charge >= 0.3 is 0 Å². The molecule has 35 heavy (non-hydrogen) atoms. The van der Waals surface area contributed by atoms with Crippen LogP contribution in [-0.2, 0) is 4.79 Å². The first-order valence-corrected chi connectivity index (χ1v) is 12.1. The fourth-order valence-corrected chi connectivity index (χ4v) is 5.52. The fraction of sp³-hybridized carbons (Fsp3) is 0.400. The lowest BCUT2D eigenvalue weighted by Crippen LogP contribution is -2.54. The molecule has 0 saturated carbocycles. The molecule has 3 aromatic rings. The van der Waals surface area contributed by atoms with Gasteiger partial charge in [0, 0.05) is 56.7 Å². The van der Waals surface area contributed by atoms with Crippen molar-refractivity contribution < 1.29 is 9.90 Å². The number of fused-ring (bicyclic) bond motifs is 2. The van der Waals surface area contributed by atoms with Gasteiger partial charge in [0.2, 0.25) is 5.95 Å². The highest BCUT2D eigenvalue weighted by Crippen LogP contribution is 2.38. The van der Waals surface area contributed by atoms with Crippen LogP contribution in [0.3, 0.4) is 0 Å². The third-order valence-corrected chi connectivity index (χ3v) is 7.35. The number of para-hydroxylation sites is 1. The topological polar surface area (TPSA) is 125 Å². The molecule has 6 rings (SSSR count). The number of Topliss-reactive ketones (excluding diaryl/α,β-unsaturated/α-hetero) is 1. The molecule has 0 radical (unpaired) electrons. The largest absolute Gasteiger partial charge is 0.507 e.